The molecule has 1 N–H and O–H groups in total. The van der Waals surface area contributed by atoms with Crippen LogP contribution >= 0.6 is 0 Å². The third-order valence-electron chi connectivity index (χ3n) is 3.36. The molecule has 0 aliphatic heterocycles. The number of rotatable bonds is 7. The van der Waals surface area contributed by atoms with Crippen LogP contribution in [0.3, 0.4) is 0 Å². The number of methoxy groups -OCH3 is 1. The first kappa shape index (κ1) is 17.3. The van der Waals surface area contributed by atoms with E-state index in [4.69, 9.17) is 9.47 Å². The molecule has 0 heterocycles. The van der Waals surface area contributed by atoms with E-state index in [1.807, 2.05) is 12.1 Å². The predicted molar refractivity (Wildman–Crippen MR) is 88.0 cm³/mol. The minimum atomic E-state index is -0.857. The molecule has 0 saturated carbocycles. The zero-order chi connectivity index (χ0) is 17.5. The molecular formula is C17H18N2O5. The number of amides is 1. The molecular weight excluding hydrogens is 312 g/mol. The Hall–Kier alpha value is -3.09. The molecule has 0 aliphatic carbocycles. The van der Waals surface area contributed by atoms with Crippen molar-refractivity contribution < 1.29 is 19.2 Å². The van der Waals surface area contributed by atoms with E-state index in [0.29, 0.717) is 6.54 Å². The highest BCUT2D eigenvalue weighted by atomic mass is 16.6. The second kappa shape index (κ2) is 7.96. The highest BCUT2D eigenvalue weighted by Gasteiger charge is 2.20. The maximum absolute atomic E-state index is 12.1. The largest absolute Gasteiger partial charge is 0.497 e. The van der Waals surface area contributed by atoms with Gasteiger partial charge in [-0.05, 0) is 30.7 Å². The van der Waals surface area contributed by atoms with Gasteiger partial charge in [0.2, 0.25) is 0 Å². The van der Waals surface area contributed by atoms with Gasteiger partial charge in [-0.25, -0.2) is 0 Å². The number of nitrogens with one attached hydrogen (secondary N) is 1. The maximum Gasteiger partial charge on any atom is 0.310 e. The zero-order valence-electron chi connectivity index (χ0n) is 13.4. The topological polar surface area (TPSA) is 90.7 Å². The molecule has 0 aliphatic rings. The van der Waals surface area contributed by atoms with Gasteiger partial charge in [0.25, 0.3) is 5.91 Å². The molecule has 0 bridgehead atoms. The van der Waals surface area contributed by atoms with Crippen molar-refractivity contribution in [1.29, 1.82) is 0 Å². The van der Waals surface area contributed by atoms with E-state index in [-0.39, 0.29) is 17.3 Å². The van der Waals surface area contributed by atoms with E-state index in [1.54, 1.807) is 38.3 Å². The average Bonchev–Trinajstić information content (AvgIpc) is 2.60. The van der Waals surface area contributed by atoms with Crippen LogP contribution in [0.25, 0.3) is 0 Å². The molecule has 1 atom stereocenters. The molecule has 7 nitrogen and oxygen atoms in total. The van der Waals surface area contributed by atoms with Crippen LogP contribution in [0.5, 0.6) is 11.5 Å². The van der Waals surface area contributed by atoms with Gasteiger partial charge in [-0.2, -0.15) is 0 Å². The van der Waals surface area contributed by atoms with Crippen LogP contribution < -0.4 is 14.8 Å². The molecule has 1 amide bonds. The van der Waals surface area contributed by atoms with Crippen molar-refractivity contribution in [2.45, 2.75) is 19.6 Å². The summed E-state index contributed by atoms with van der Waals surface area (Å²) in [6.45, 7) is 1.87. The van der Waals surface area contributed by atoms with Crippen molar-refractivity contribution in [3.8, 4) is 11.5 Å². The minimum Gasteiger partial charge on any atom is -0.497 e. The van der Waals surface area contributed by atoms with Crippen molar-refractivity contribution in [2.75, 3.05) is 7.11 Å². The molecule has 0 spiro atoms. The molecule has 2 aromatic rings. The van der Waals surface area contributed by atoms with Crippen molar-refractivity contribution in [2.24, 2.45) is 0 Å². The van der Waals surface area contributed by atoms with Crippen LogP contribution in [0.15, 0.2) is 48.5 Å². The smallest absolute Gasteiger partial charge is 0.310 e. The average molecular weight is 330 g/mol. The number of hydrogen-bond donors (Lipinski definition) is 1. The Morgan fingerprint density at radius 3 is 2.50 bits per heavy atom. The van der Waals surface area contributed by atoms with Gasteiger partial charge in [0.1, 0.15) is 5.75 Å². The molecule has 2 rings (SSSR count). The van der Waals surface area contributed by atoms with Gasteiger partial charge in [0, 0.05) is 12.6 Å². The number of hydrogen-bond acceptors (Lipinski definition) is 5. The van der Waals surface area contributed by atoms with Gasteiger partial charge in [-0.3, -0.25) is 14.9 Å². The summed E-state index contributed by atoms with van der Waals surface area (Å²) in [4.78, 5) is 22.5. The normalized spacial score (nSPS) is 11.4. The predicted octanol–water partition coefficient (Wildman–Crippen LogP) is 2.69. The first-order valence-electron chi connectivity index (χ1n) is 7.32. The highest BCUT2D eigenvalue weighted by molar-refractivity contribution is 5.80. The SMILES string of the molecule is COc1ccc(CNC(=O)[C@@H](C)Oc2ccccc2[N+](=O)[O-])cc1. The molecule has 7 heteroatoms. The number of benzene rings is 2. The number of ether oxygens (including phenoxy) is 2. The lowest BCUT2D eigenvalue weighted by Crippen LogP contribution is -2.36. The summed E-state index contributed by atoms with van der Waals surface area (Å²) in [5.41, 5.74) is 0.731. The van der Waals surface area contributed by atoms with E-state index in [9.17, 15) is 14.9 Å². The molecule has 0 radical (unpaired) electrons. The number of para-hydroxylation sites is 2. The van der Waals surface area contributed by atoms with E-state index < -0.39 is 11.0 Å². The van der Waals surface area contributed by atoms with Gasteiger partial charge in [-0.15, -0.1) is 0 Å². The van der Waals surface area contributed by atoms with E-state index in [2.05, 4.69) is 5.32 Å². The second-order valence-electron chi connectivity index (χ2n) is 5.05. The van der Waals surface area contributed by atoms with Crippen molar-refractivity contribution in [1.82, 2.24) is 5.32 Å². The summed E-state index contributed by atoms with van der Waals surface area (Å²) >= 11 is 0. The number of carbonyl (C=O) groups is 1. The molecule has 24 heavy (non-hydrogen) atoms. The quantitative estimate of drug-likeness (QED) is 0.622. The standard InChI is InChI=1S/C17H18N2O5/c1-12(24-16-6-4-3-5-15(16)19(21)22)17(20)18-11-13-7-9-14(23-2)10-8-13/h3-10,12H,11H2,1-2H3,(H,18,20)/t12-/m1/s1. The summed E-state index contributed by atoms with van der Waals surface area (Å²) in [5.74, 6) is 0.441. The van der Waals surface area contributed by atoms with E-state index >= 15 is 0 Å². The zero-order valence-corrected chi connectivity index (χ0v) is 13.4. The van der Waals surface area contributed by atoms with Gasteiger partial charge in [-0.1, -0.05) is 24.3 Å². The lowest BCUT2D eigenvalue weighted by molar-refractivity contribution is -0.386. The fraction of sp³-hybridized carbons (Fsp3) is 0.235. The summed E-state index contributed by atoms with van der Waals surface area (Å²) < 4.78 is 10.5. The Labute approximate surface area is 139 Å². The van der Waals surface area contributed by atoms with Gasteiger partial charge < -0.3 is 14.8 Å². The first-order chi connectivity index (χ1) is 11.5. The molecule has 0 saturated heterocycles. The van der Waals surface area contributed by atoms with Crippen LogP contribution in [0.4, 0.5) is 5.69 Å². The number of nitro benzene ring substituents is 1. The van der Waals surface area contributed by atoms with Gasteiger partial charge in [0.05, 0.1) is 12.0 Å². The molecule has 0 unspecified atom stereocenters. The number of nitrogens with zero attached hydrogens (tertiary/aromatic N) is 1. The van der Waals surface area contributed by atoms with Crippen molar-refractivity contribution in [3.05, 3.63) is 64.2 Å². The first-order valence-corrected chi connectivity index (χ1v) is 7.32. The number of nitro groups is 1. The van der Waals surface area contributed by atoms with Crippen molar-refractivity contribution in [3.63, 3.8) is 0 Å². The van der Waals surface area contributed by atoms with Crippen molar-refractivity contribution >= 4 is 11.6 Å². The lowest BCUT2D eigenvalue weighted by atomic mass is 10.2. The van der Waals surface area contributed by atoms with Crippen LogP contribution in [0, 0.1) is 10.1 Å². The lowest BCUT2D eigenvalue weighted by Gasteiger charge is -2.14. The van der Waals surface area contributed by atoms with E-state index in [0.717, 1.165) is 11.3 Å². The number of carbonyl (C=O) groups excluding carboxylic acids is 1. The Morgan fingerprint density at radius 1 is 1.21 bits per heavy atom. The van der Waals surface area contributed by atoms with E-state index in [1.165, 1.54) is 12.1 Å². The van der Waals surface area contributed by atoms with Crippen LogP contribution in [0.1, 0.15) is 12.5 Å². The molecule has 0 fully saturated rings. The van der Waals surface area contributed by atoms with Gasteiger partial charge >= 0.3 is 5.69 Å². The Bertz CT molecular complexity index is 715. The monoisotopic (exact) mass is 330 g/mol. The van der Waals surface area contributed by atoms with Gasteiger partial charge in [0.15, 0.2) is 11.9 Å². The van der Waals surface area contributed by atoms with Crippen LogP contribution in [-0.4, -0.2) is 24.0 Å². The van der Waals surface area contributed by atoms with Crippen LogP contribution in [-0.2, 0) is 11.3 Å². The second-order valence-corrected chi connectivity index (χ2v) is 5.05. The fourth-order valence-corrected chi connectivity index (χ4v) is 2.03. The summed E-state index contributed by atoms with van der Waals surface area (Å²) in [5, 5.41) is 13.7. The molecule has 0 aromatic heterocycles. The Kier molecular flexibility index (Phi) is 5.73. The van der Waals surface area contributed by atoms with Crippen LogP contribution in [0.2, 0.25) is 0 Å². The highest BCUT2D eigenvalue weighted by Crippen LogP contribution is 2.26. The Morgan fingerprint density at radius 2 is 1.88 bits per heavy atom. The molecule has 2 aromatic carbocycles. The maximum atomic E-state index is 12.1. The summed E-state index contributed by atoms with van der Waals surface area (Å²) in [7, 11) is 1.58. The summed E-state index contributed by atoms with van der Waals surface area (Å²) in [6, 6.07) is 13.2. The third-order valence-corrected chi connectivity index (χ3v) is 3.36. The fourth-order valence-electron chi connectivity index (χ4n) is 2.03. The third kappa shape index (κ3) is 4.45. The summed E-state index contributed by atoms with van der Waals surface area (Å²) in [6.07, 6.45) is -0.857. The minimum absolute atomic E-state index is 0.0644. The Balaban J connectivity index is 1.93. The molecule has 126 valence electrons.